The van der Waals surface area contributed by atoms with Gasteiger partial charge in [-0.2, -0.15) is 15.1 Å². The highest BCUT2D eigenvalue weighted by atomic mass is 32.2. The third-order valence-corrected chi connectivity index (χ3v) is 8.24. The molecule has 0 unspecified atom stereocenters. The van der Waals surface area contributed by atoms with E-state index in [9.17, 15) is 22.5 Å². The van der Waals surface area contributed by atoms with E-state index in [1.165, 1.54) is 6.07 Å². The van der Waals surface area contributed by atoms with E-state index in [0.717, 1.165) is 24.4 Å². The first-order valence-electron chi connectivity index (χ1n) is 10.3. The molecule has 0 atom stereocenters. The lowest BCUT2D eigenvalue weighted by molar-refractivity contribution is 0.150. The van der Waals surface area contributed by atoms with Gasteiger partial charge in [0.1, 0.15) is 11.2 Å². The molecule has 0 radical (unpaired) electrons. The van der Waals surface area contributed by atoms with Gasteiger partial charge >= 0.3 is 0 Å². The molecule has 10 nitrogen and oxygen atoms in total. The number of hydrogen-bond donors (Lipinski definition) is 2. The summed E-state index contributed by atoms with van der Waals surface area (Å²) < 4.78 is 56.8. The molecule has 3 aromatic rings. The zero-order chi connectivity index (χ0) is 23.4. The molecule has 33 heavy (non-hydrogen) atoms. The van der Waals surface area contributed by atoms with Gasteiger partial charge in [0.25, 0.3) is 6.43 Å². The van der Waals surface area contributed by atoms with Gasteiger partial charge < -0.3 is 10.2 Å². The standard InChI is InChI=1S/C19H20F2N8O2S2/c1-28-15-12(14(26-28)17-24-25-18(32-17)16(20)21)8-11(9-13(15)29-6-4-23-5-7-29)33(30,31)27-19(10-22)2-3-19/h8-9,16,23,27H,2-7H2,1H3. The number of piperazine rings is 1. The summed E-state index contributed by atoms with van der Waals surface area (Å²) in [5.74, 6) is 0. The van der Waals surface area contributed by atoms with Crippen molar-refractivity contribution in [3.05, 3.63) is 17.1 Å². The Morgan fingerprint density at radius 2 is 2.00 bits per heavy atom. The SMILES string of the molecule is Cn1nc(-c2nnc(C(F)F)s2)c2cc(S(=O)(=O)NC3(C#N)CC3)cc(N3CCNCC3)c21. The first-order valence-corrected chi connectivity index (χ1v) is 12.6. The molecule has 1 aliphatic carbocycles. The maximum Gasteiger partial charge on any atom is 0.291 e. The van der Waals surface area contributed by atoms with Crippen LogP contribution in [0.15, 0.2) is 17.0 Å². The lowest BCUT2D eigenvalue weighted by Crippen LogP contribution is -2.43. The predicted molar refractivity (Wildman–Crippen MR) is 118 cm³/mol. The Balaban J connectivity index is 1.70. The third kappa shape index (κ3) is 3.95. The molecular formula is C19H20F2N8O2S2. The fourth-order valence-corrected chi connectivity index (χ4v) is 6.04. The zero-order valence-corrected chi connectivity index (χ0v) is 19.2. The Bertz CT molecular complexity index is 1370. The van der Waals surface area contributed by atoms with Crippen molar-refractivity contribution in [2.24, 2.45) is 7.05 Å². The van der Waals surface area contributed by atoms with Crippen molar-refractivity contribution in [3.63, 3.8) is 0 Å². The molecule has 14 heteroatoms. The van der Waals surface area contributed by atoms with Gasteiger partial charge in [-0.05, 0) is 25.0 Å². The van der Waals surface area contributed by atoms with E-state index in [4.69, 9.17) is 0 Å². The number of rotatable bonds is 6. The van der Waals surface area contributed by atoms with Crippen LogP contribution in [0.3, 0.4) is 0 Å². The largest absolute Gasteiger partial charge is 0.367 e. The average molecular weight is 495 g/mol. The van der Waals surface area contributed by atoms with Gasteiger partial charge in [-0.3, -0.25) is 4.68 Å². The molecule has 2 fully saturated rings. The van der Waals surface area contributed by atoms with Crippen LogP contribution in [0.25, 0.3) is 21.6 Å². The number of anilines is 1. The number of aromatic nitrogens is 4. The van der Waals surface area contributed by atoms with Crippen LogP contribution in [0.5, 0.6) is 0 Å². The number of hydrogen-bond acceptors (Lipinski definition) is 9. The zero-order valence-electron chi connectivity index (χ0n) is 17.5. The molecular weight excluding hydrogens is 474 g/mol. The number of alkyl halides is 2. The Morgan fingerprint density at radius 1 is 1.27 bits per heavy atom. The number of nitrogens with one attached hydrogen (secondary N) is 2. The Labute approximate surface area is 192 Å². The van der Waals surface area contributed by atoms with Gasteiger partial charge in [0.05, 0.1) is 22.2 Å². The summed E-state index contributed by atoms with van der Waals surface area (Å²) in [5, 5.41) is 24.7. The van der Waals surface area contributed by atoms with Crippen molar-refractivity contribution in [2.45, 2.75) is 29.7 Å². The van der Waals surface area contributed by atoms with Crippen molar-refractivity contribution in [3.8, 4) is 16.8 Å². The third-order valence-electron chi connectivity index (χ3n) is 5.78. The molecule has 5 rings (SSSR count). The fraction of sp³-hybridized carbons (Fsp3) is 0.474. The number of nitrogens with zero attached hydrogens (tertiary/aromatic N) is 6. The predicted octanol–water partition coefficient (Wildman–Crippen LogP) is 1.77. The highest BCUT2D eigenvalue weighted by Gasteiger charge is 2.47. The Morgan fingerprint density at radius 3 is 2.61 bits per heavy atom. The van der Waals surface area contributed by atoms with E-state index >= 15 is 0 Å². The van der Waals surface area contributed by atoms with E-state index in [0.29, 0.717) is 42.5 Å². The minimum absolute atomic E-state index is 0.0158. The Kier molecular flexibility index (Phi) is 5.31. The molecule has 2 aromatic heterocycles. The first kappa shape index (κ1) is 22.1. The second kappa shape index (κ2) is 7.94. The molecule has 174 valence electrons. The van der Waals surface area contributed by atoms with Crippen molar-refractivity contribution in [1.82, 2.24) is 30.0 Å². The molecule has 2 N–H and O–H groups in total. The molecule has 1 aromatic carbocycles. The van der Waals surface area contributed by atoms with E-state index in [1.54, 1.807) is 17.8 Å². The van der Waals surface area contributed by atoms with Crippen LogP contribution in [-0.2, 0) is 17.1 Å². The lowest BCUT2D eigenvalue weighted by atomic mass is 10.1. The van der Waals surface area contributed by atoms with E-state index < -0.39 is 27.0 Å². The number of nitriles is 1. The van der Waals surface area contributed by atoms with Crippen LogP contribution in [-0.4, -0.2) is 60.1 Å². The maximum atomic E-state index is 13.2. The fourth-order valence-electron chi connectivity index (χ4n) is 3.92. The van der Waals surface area contributed by atoms with E-state index in [1.807, 2.05) is 6.07 Å². The summed E-state index contributed by atoms with van der Waals surface area (Å²) in [6, 6.07) is 5.08. The normalized spacial score (nSPS) is 18.1. The molecule has 3 heterocycles. The quantitative estimate of drug-likeness (QED) is 0.531. The van der Waals surface area contributed by atoms with Gasteiger partial charge in [0.2, 0.25) is 10.0 Å². The maximum absolute atomic E-state index is 13.2. The minimum Gasteiger partial charge on any atom is -0.367 e. The highest BCUT2D eigenvalue weighted by molar-refractivity contribution is 7.89. The van der Waals surface area contributed by atoms with E-state index in [-0.39, 0.29) is 15.6 Å². The van der Waals surface area contributed by atoms with Crippen LogP contribution in [0.1, 0.15) is 24.3 Å². The van der Waals surface area contributed by atoms with Crippen molar-refractivity contribution in [1.29, 1.82) is 5.26 Å². The molecule has 1 saturated heterocycles. The van der Waals surface area contributed by atoms with E-state index in [2.05, 4.69) is 30.2 Å². The monoisotopic (exact) mass is 494 g/mol. The van der Waals surface area contributed by atoms with Crippen molar-refractivity contribution in [2.75, 3.05) is 31.1 Å². The van der Waals surface area contributed by atoms with Crippen LogP contribution in [0.4, 0.5) is 14.5 Å². The second-order valence-corrected chi connectivity index (χ2v) is 10.8. The molecule has 0 spiro atoms. The molecule has 0 bridgehead atoms. The van der Waals surface area contributed by atoms with Gasteiger partial charge in [0.15, 0.2) is 10.0 Å². The first-order chi connectivity index (χ1) is 15.7. The Hall–Kier alpha value is -2.73. The van der Waals surface area contributed by atoms with Crippen molar-refractivity contribution >= 4 is 38.0 Å². The number of benzene rings is 1. The second-order valence-electron chi connectivity index (χ2n) is 8.09. The van der Waals surface area contributed by atoms with Gasteiger partial charge in [0, 0.05) is 38.6 Å². The number of halogens is 2. The summed E-state index contributed by atoms with van der Waals surface area (Å²) in [6.07, 6.45) is -1.85. The van der Waals surface area contributed by atoms with Crippen molar-refractivity contribution < 1.29 is 17.2 Å². The summed E-state index contributed by atoms with van der Waals surface area (Å²) in [6.45, 7) is 2.77. The number of fused-ring (bicyclic) bond motifs is 1. The molecule has 0 amide bonds. The summed E-state index contributed by atoms with van der Waals surface area (Å²) in [7, 11) is -2.31. The van der Waals surface area contributed by atoms with Gasteiger partial charge in [-0.25, -0.2) is 17.2 Å². The van der Waals surface area contributed by atoms with Crippen LogP contribution in [0, 0.1) is 11.3 Å². The number of sulfonamides is 1. The van der Waals surface area contributed by atoms with Crippen LogP contribution >= 0.6 is 11.3 Å². The number of aryl methyl sites for hydroxylation is 1. The summed E-state index contributed by atoms with van der Waals surface area (Å²) in [5.41, 5.74) is 0.537. The molecule has 1 aliphatic heterocycles. The summed E-state index contributed by atoms with van der Waals surface area (Å²) in [4.78, 5) is 2.04. The topological polar surface area (TPSA) is 129 Å². The highest BCUT2D eigenvalue weighted by Crippen LogP contribution is 2.40. The minimum atomic E-state index is -4.02. The summed E-state index contributed by atoms with van der Waals surface area (Å²) >= 11 is 0.721. The van der Waals surface area contributed by atoms with Crippen LogP contribution < -0.4 is 14.9 Å². The van der Waals surface area contributed by atoms with Gasteiger partial charge in [-0.15, -0.1) is 10.2 Å². The molecule has 1 saturated carbocycles. The lowest BCUT2D eigenvalue weighted by Gasteiger charge is -2.30. The van der Waals surface area contributed by atoms with Crippen LogP contribution in [0.2, 0.25) is 0 Å². The van der Waals surface area contributed by atoms with Gasteiger partial charge in [-0.1, -0.05) is 11.3 Å². The average Bonchev–Trinajstić information content (AvgIpc) is 3.23. The molecule has 2 aliphatic rings. The smallest absolute Gasteiger partial charge is 0.291 e.